The predicted molar refractivity (Wildman–Crippen MR) is 66.4 cm³/mol. The Hall–Kier alpha value is -1.62. The lowest BCUT2D eigenvalue weighted by molar-refractivity contribution is -0.0259. The largest absolute Gasteiger partial charge is 0.445 e. The number of rotatable bonds is 4. The summed E-state index contributed by atoms with van der Waals surface area (Å²) in [5, 5.41) is 2.80. The molecule has 2 aliphatic heterocycles. The number of fused-ring (bicyclic) bond motifs is 1. The number of carbonyl (C=O) groups excluding carboxylic acids is 1. The van der Waals surface area contributed by atoms with Crippen LogP contribution in [0.25, 0.3) is 0 Å². The molecule has 4 nitrogen and oxygen atoms in total. The van der Waals surface area contributed by atoms with E-state index in [2.05, 4.69) is 5.32 Å². The second-order valence-corrected chi connectivity index (χ2v) is 5.43. The van der Waals surface area contributed by atoms with Crippen LogP contribution in [0.5, 0.6) is 0 Å². The zero-order valence-electron chi connectivity index (χ0n) is 10.5. The maximum absolute atomic E-state index is 12.7. The summed E-state index contributed by atoms with van der Waals surface area (Å²) in [5.74, 6) is 0. The first-order chi connectivity index (χ1) is 9.15. The summed E-state index contributed by atoms with van der Waals surface area (Å²) in [4.78, 5) is 11.7. The first-order valence-electron chi connectivity index (χ1n) is 6.34. The van der Waals surface area contributed by atoms with E-state index >= 15 is 0 Å². The first kappa shape index (κ1) is 12.4. The van der Waals surface area contributed by atoms with E-state index in [4.69, 9.17) is 9.47 Å². The summed E-state index contributed by atoms with van der Waals surface area (Å²) in [7, 11) is 0. The highest BCUT2D eigenvalue weighted by atomic mass is 19.1. The number of amides is 1. The van der Waals surface area contributed by atoms with Crippen LogP contribution in [0.3, 0.4) is 0 Å². The number of ether oxygens (including phenoxy) is 2. The fraction of sp³-hybridized carbons (Fsp3) is 0.500. The molecule has 1 aliphatic carbocycles. The van der Waals surface area contributed by atoms with Crippen molar-refractivity contribution in [2.75, 3.05) is 13.3 Å². The summed E-state index contributed by atoms with van der Waals surface area (Å²) in [5.41, 5.74) is -0.128. The summed E-state index contributed by atoms with van der Waals surface area (Å²) >= 11 is 0. The van der Waals surface area contributed by atoms with E-state index in [9.17, 15) is 9.18 Å². The third-order valence-corrected chi connectivity index (χ3v) is 3.80. The number of alkyl halides is 1. The van der Waals surface area contributed by atoms with Crippen LogP contribution >= 0.6 is 0 Å². The van der Waals surface area contributed by atoms with Gasteiger partial charge < -0.3 is 14.8 Å². The van der Waals surface area contributed by atoms with Crippen LogP contribution in [0, 0.1) is 0 Å². The van der Waals surface area contributed by atoms with Gasteiger partial charge in [0.2, 0.25) is 0 Å². The van der Waals surface area contributed by atoms with Gasteiger partial charge >= 0.3 is 6.09 Å². The smallest absolute Gasteiger partial charge is 0.407 e. The zero-order chi connectivity index (χ0) is 13.3. The van der Waals surface area contributed by atoms with Gasteiger partial charge in [-0.25, -0.2) is 9.18 Å². The lowest BCUT2D eigenvalue weighted by atomic mass is 9.69. The van der Waals surface area contributed by atoms with Gasteiger partial charge in [-0.2, -0.15) is 0 Å². The average molecular weight is 265 g/mol. The molecule has 2 bridgehead atoms. The van der Waals surface area contributed by atoms with E-state index in [0.29, 0.717) is 19.4 Å². The predicted octanol–water partition coefficient (Wildman–Crippen LogP) is 2.18. The molecule has 4 rings (SSSR count). The fourth-order valence-corrected chi connectivity index (χ4v) is 2.91. The minimum Gasteiger partial charge on any atom is -0.445 e. The van der Waals surface area contributed by atoms with Gasteiger partial charge in [-0.3, -0.25) is 0 Å². The molecule has 1 aromatic carbocycles. The number of benzene rings is 1. The molecule has 2 heterocycles. The Balaban J connectivity index is 1.48. The molecule has 0 atom stereocenters. The van der Waals surface area contributed by atoms with E-state index < -0.39 is 23.9 Å². The molecule has 1 amide bonds. The molecule has 19 heavy (non-hydrogen) atoms. The van der Waals surface area contributed by atoms with Crippen molar-refractivity contribution in [2.45, 2.75) is 30.6 Å². The molecule has 1 saturated carbocycles. The molecule has 5 heteroatoms. The van der Waals surface area contributed by atoms with Crippen molar-refractivity contribution in [1.29, 1.82) is 0 Å². The second kappa shape index (κ2) is 4.49. The lowest BCUT2D eigenvalue weighted by Gasteiger charge is -2.42. The molecule has 0 spiro atoms. The number of hydrogen-bond donors (Lipinski definition) is 1. The number of alkyl carbamates (subject to hydrolysis) is 1. The third-order valence-electron chi connectivity index (χ3n) is 3.80. The molecule has 0 radical (unpaired) electrons. The van der Waals surface area contributed by atoms with Gasteiger partial charge in [0, 0.05) is 12.8 Å². The number of hydrogen-bond acceptors (Lipinski definition) is 3. The molecular weight excluding hydrogens is 249 g/mol. The quantitative estimate of drug-likeness (QED) is 0.907. The lowest BCUT2D eigenvalue weighted by Crippen LogP contribution is -2.60. The van der Waals surface area contributed by atoms with Crippen LogP contribution in [0.15, 0.2) is 30.3 Å². The third kappa shape index (κ3) is 2.30. The molecule has 3 fully saturated rings. The van der Waals surface area contributed by atoms with Gasteiger partial charge in [0.05, 0.1) is 12.1 Å². The molecule has 3 aliphatic rings. The molecule has 0 unspecified atom stereocenters. The van der Waals surface area contributed by atoms with E-state index in [1.807, 2.05) is 30.3 Å². The standard InChI is InChI=1S/C14H16FNO3/c15-9-14-7-13(8-14,10-19-14)16-12(17)18-6-11-4-2-1-3-5-11/h1-5H,6-10H2,(H,16,17). The Morgan fingerprint density at radius 1 is 1.37 bits per heavy atom. The van der Waals surface area contributed by atoms with E-state index in [1.165, 1.54) is 0 Å². The van der Waals surface area contributed by atoms with Crippen LogP contribution in [0.1, 0.15) is 18.4 Å². The Kier molecular flexibility index (Phi) is 2.93. The van der Waals surface area contributed by atoms with Gasteiger partial charge in [0.25, 0.3) is 0 Å². The van der Waals surface area contributed by atoms with Gasteiger partial charge in [-0.1, -0.05) is 30.3 Å². The maximum Gasteiger partial charge on any atom is 0.407 e. The van der Waals surface area contributed by atoms with Gasteiger partial charge in [0.1, 0.15) is 18.9 Å². The molecule has 0 aromatic heterocycles. The van der Waals surface area contributed by atoms with Crippen molar-refractivity contribution < 1.29 is 18.7 Å². The van der Waals surface area contributed by atoms with E-state index in [1.54, 1.807) is 0 Å². The molecule has 102 valence electrons. The Morgan fingerprint density at radius 2 is 2.11 bits per heavy atom. The van der Waals surface area contributed by atoms with Crippen molar-refractivity contribution in [1.82, 2.24) is 5.32 Å². The fourth-order valence-electron chi connectivity index (χ4n) is 2.91. The average Bonchev–Trinajstić information content (AvgIpc) is 2.93. The van der Waals surface area contributed by atoms with Crippen molar-refractivity contribution in [3.05, 3.63) is 35.9 Å². The van der Waals surface area contributed by atoms with Crippen molar-refractivity contribution in [3.8, 4) is 0 Å². The summed E-state index contributed by atoms with van der Waals surface area (Å²) in [6.07, 6.45) is 0.607. The highest BCUT2D eigenvalue weighted by Crippen LogP contribution is 2.51. The summed E-state index contributed by atoms with van der Waals surface area (Å²) < 4.78 is 23.3. The maximum atomic E-state index is 12.7. The SMILES string of the molecule is O=C(NC12COC(CF)(C1)C2)OCc1ccccc1. The van der Waals surface area contributed by atoms with Crippen LogP contribution in [0.2, 0.25) is 0 Å². The van der Waals surface area contributed by atoms with Gasteiger partial charge in [-0.15, -0.1) is 0 Å². The zero-order valence-corrected chi connectivity index (χ0v) is 10.5. The molecule has 1 N–H and O–H groups in total. The highest BCUT2D eigenvalue weighted by Gasteiger charge is 2.63. The molecular formula is C14H16FNO3. The van der Waals surface area contributed by atoms with Crippen molar-refractivity contribution in [2.24, 2.45) is 0 Å². The Labute approximate surface area is 110 Å². The van der Waals surface area contributed by atoms with E-state index in [0.717, 1.165) is 5.56 Å². The van der Waals surface area contributed by atoms with Crippen molar-refractivity contribution >= 4 is 6.09 Å². The topological polar surface area (TPSA) is 47.6 Å². The van der Waals surface area contributed by atoms with E-state index in [-0.39, 0.29) is 6.61 Å². The minimum absolute atomic E-state index is 0.234. The van der Waals surface area contributed by atoms with Gasteiger partial charge in [-0.05, 0) is 5.56 Å². The normalized spacial score (nSPS) is 31.6. The van der Waals surface area contributed by atoms with Crippen LogP contribution in [0.4, 0.5) is 9.18 Å². The highest BCUT2D eigenvalue weighted by molar-refractivity contribution is 5.69. The van der Waals surface area contributed by atoms with Crippen LogP contribution < -0.4 is 5.32 Å². The number of carbonyl (C=O) groups is 1. The Bertz CT molecular complexity index is 471. The number of nitrogens with one attached hydrogen (secondary N) is 1. The molecule has 1 aromatic rings. The minimum atomic E-state index is -0.646. The summed E-state index contributed by atoms with van der Waals surface area (Å²) in [6, 6.07) is 9.47. The van der Waals surface area contributed by atoms with Gasteiger partial charge in [0.15, 0.2) is 0 Å². The monoisotopic (exact) mass is 265 g/mol. The number of halogens is 1. The summed E-state index contributed by atoms with van der Waals surface area (Å²) in [6.45, 7) is 0.116. The second-order valence-electron chi connectivity index (χ2n) is 5.43. The van der Waals surface area contributed by atoms with Crippen LogP contribution in [-0.2, 0) is 16.1 Å². The Morgan fingerprint density at radius 3 is 2.74 bits per heavy atom. The van der Waals surface area contributed by atoms with Crippen molar-refractivity contribution in [3.63, 3.8) is 0 Å². The molecule has 2 saturated heterocycles. The van der Waals surface area contributed by atoms with Crippen LogP contribution in [-0.4, -0.2) is 30.5 Å². The first-order valence-corrected chi connectivity index (χ1v) is 6.34.